The van der Waals surface area contributed by atoms with Crippen molar-refractivity contribution in [2.75, 3.05) is 7.11 Å². The van der Waals surface area contributed by atoms with Crippen molar-refractivity contribution in [1.29, 1.82) is 0 Å². The van der Waals surface area contributed by atoms with Crippen LogP contribution < -0.4 is 5.32 Å². The van der Waals surface area contributed by atoms with Crippen LogP contribution in [0.4, 0.5) is 26.3 Å². The molecule has 0 saturated carbocycles. The van der Waals surface area contributed by atoms with Gasteiger partial charge in [-0.15, -0.1) is 0 Å². The van der Waals surface area contributed by atoms with E-state index in [1.807, 2.05) is 0 Å². The van der Waals surface area contributed by atoms with Crippen molar-refractivity contribution in [1.82, 2.24) is 5.32 Å². The van der Waals surface area contributed by atoms with Gasteiger partial charge >= 0.3 is 18.3 Å². The Morgan fingerprint density at radius 1 is 1.04 bits per heavy atom. The number of carbonyl (C=O) groups is 2. The van der Waals surface area contributed by atoms with Crippen LogP contribution in [0.1, 0.15) is 41.8 Å². The standard InChI is InChI=1S/C17H17F6NO3/c1-9(2)4-5-13(15(26)27-3)24-14(25)10-6-11(16(18,19)20)8-12(7-10)17(21,22)23/h4,6-8,13H,5H2,1-3H3,(H,24,25)/t13-/m1/s1. The van der Waals surface area contributed by atoms with E-state index >= 15 is 0 Å². The lowest BCUT2D eigenvalue weighted by molar-refractivity contribution is -0.144. The Hall–Kier alpha value is -2.52. The lowest BCUT2D eigenvalue weighted by atomic mass is 10.0. The van der Waals surface area contributed by atoms with Crippen molar-refractivity contribution >= 4 is 11.9 Å². The quantitative estimate of drug-likeness (QED) is 0.457. The summed E-state index contributed by atoms with van der Waals surface area (Å²) < 4.78 is 81.7. The number of hydrogen-bond donors (Lipinski definition) is 1. The molecule has 1 aromatic carbocycles. The van der Waals surface area contributed by atoms with Gasteiger partial charge in [-0.25, -0.2) is 4.79 Å². The second-order valence-electron chi connectivity index (χ2n) is 5.86. The molecule has 0 saturated heterocycles. The summed E-state index contributed by atoms with van der Waals surface area (Å²) in [4.78, 5) is 23.9. The van der Waals surface area contributed by atoms with Crippen LogP contribution in [-0.2, 0) is 21.9 Å². The zero-order valence-corrected chi connectivity index (χ0v) is 14.6. The number of alkyl halides is 6. The van der Waals surface area contributed by atoms with E-state index in [4.69, 9.17) is 0 Å². The molecule has 10 heteroatoms. The van der Waals surface area contributed by atoms with Gasteiger partial charge in [0.25, 0.3) is 5.91 Å². The van der Waals surface area contributed by atoms with Crippen LogP contribution in [0.5, 0.6) is 0 Å². The SMILES string of the molecule is COC(=O)[C@@H](CC=C(C)C)NC(=O)c1cc(C(F)(F)F)cc(C(F)(F)F)c1. The third-order valence-electron chi connectivity index (χ3n) is 3.40. The molecule has 0 aliphatic heterocycles. The highest BCUT2D eigenvalue weighted by molar-refractivity contribution is 5.97. The zero-order chi connectivity index (χ0) is 21.0. The van der Waals surface area contributed by atoms with Crippen LogP contribution in [-0.4, -0.2) is 25.0 Å². The lowest BCUT2D eigenvalue weighted by Gasteiger charge is -2.17. The summed E-state index contributed by atoms with van der Waals surface area (Å²) in [6.07, 6.45) is -8.64. The van der Waals surface area contributed by atoms with Crippen molar-refractivity contribution in [2.45, 2.75) is 38.7 Å². The molecule has 1 atom stereocenters. The first-order chi connectivity index (χ1) is 12.3. The number of halogens is 6. The molecule has 0 bridgehead atoms. The highest BCUT2D eigenvalue weighted by atomic mass is 19.4. The van der Waals surface area contributed by atoms with Crippen molar-refractivity contribution in [3.05, 3.63) is 46.5 Å². The molecule has 0 aromatic heterocycles. The van der Waals surface area contributed by atoms with Crippen LogP contribution in [0.15, 0.2) is 29.8 Å². The van der Waals surface area contributed by atoms with Crippen molar-refractivity contribution in [3.8, 4) is 0 Å². The second kappa shape index (κ2) is 8.45. The maximum Gasteiger partial charge on any atom is 0.416 e. The minimum atomic E-state index is -5.08. The first-order valence-corrected chi connectivity index (χ1v) is 7.57. The highest BCUT2D eigenvalue weighted by Gasteiger charge is 2.37. The Labute approximate surface area is 151 Å². The fraction of sp³-hybridized carbons (Fsp3) is 0.412. The molecular formula is C17H17F6NO3. The number of rotatable bonds is 5. The zero-order valence-electron chi connectivity index (χ0n) is 14.6. The van der Waals surface area contributed by atoms with Gasteiger partial charge in [-0.2, -0.15) is 26.3 Å². The molecule has 0 radical (unpaired) electrons. The molecular weight excluding hydrogens is 380 g/mol. The molecule has 0 unspecified atom stereocenters. The number of hydrogen-bond acceptors (Lipinski definition) is 3. The van der Waals surface area contributed by atoms with Gasteiger partial charge in [0.2, 0.25) is 0 Å². The van der Waals surface area contributed by atoms with E-state index in [0.29, 0.717) is 12.1 Å². The van der Waals surface area contributed by atoms with E-state index in [-0.39, 0.29) is 12.5 Å². The molecule has 0 aliphatic rings. The van der Waals surface area contributed by atoms with E-state index in [0.717, 1.165) is 12.7 Å². The molecule has 0 spiro atoms. The smallest absolute Gasteiger partial charge is 0.416 e. The van der Waals surface area contributed by atoms with E-state index in [1.54, 1.807) is 19.9 Å². The monoisotopic (exact) mass is 397 g/mol. The van der Waals surface area contributed by atoms with Gasteiger partial charge in [-0.05, 0) is 38.5 Å². The molecule has 4 nitrogen and oxygen atoms in total. The molecule has 1 rings (SSSR count). The summed E-state index contributed by atoms with van der Waals surface area (Å²) in [6.45, 7) is 3.41. The predicted octanol–water partition coefficient (Wildman–Crippen LogP) is 4.35. The number of methoxy groups -OCH3 is 1. The molecule has 27 heavy (non-hydrogen) atoms. The average Bonchev–Trinajstić information content (AvgIpc) is 2.55. The third kappa shape index (κ3) is 6.61. The van der Waals surface area contributed by atoms with E-state index in [9.17, 15) is 35.9 Å². The van der Waals surface area contributed by atoms with E-state index in [2.05, 4.69) is 10.1 Å². The molecule has 1 aromatic rings. The van der Waals surface area contributed by atoms with Gasteiger partial charge in [0.15, 0.2) is 0 Å². The summed E-state index contributed by atoms with van der Waals surface area (Å²) >= 11 is 0. The maximum atomic E-state index is 12.9. The normalized spacial score (nSPS) is 12.9. The summed E-state index contributed by atoms with van der Waals surface area (Å²) in [6, 6.07) is -0.765. The number of carbonyl (C=O) groups excluding carboxylic acids is 2. The Morgan fingerprint density at radius 2 is 1.52 bits per heavy atom. The van der Waals surface area contributed by atoms with Crippen LogP contribution in [0.25, 0.3) is 0 Å². The first-order valence-electron chi connectivity index (χ1n) is 7.57. The van der Waals surface area contributed by atoms with Gasteiger partial charge in [0, 0.05) is 5.56 Å². The third-order valence-corrected chi connectivity index (χ3v) is 3.40. The van der Waals surface area contributed by atoms with Crippen molar-refractivity contribution < 1.29 is 40.7 Å². The molecule has 0 aliphatic carbocycles. The lowest BCUT2D eigenvalue weighted by Crippen LogP contribution is -2.41. The van der Waals surface area contributed by atoms with E-state index < -0.39 is 47.0 Å². The van der Waals surface area contributed by atoms with Crippen LogP contribution in [0.3, 0.4) is 0 Å². The van der Waals surface area contributed by atoms with Gasteiger partial charge in [-0.1, -0.05) is 11.6 Å². The number of esters is 1. The van der Waals surface area contributed by atoms with Gasteiger partial charge in [0.1, 0.15) is 6.04 Å². The van der Waals surface area contributed by atoms with Gasteiger partial charge < -0.3 is 10.1 Å². The molecule has 150 valence electrons. The van der Waals surface area contributed by atoms with Gasteiger partial charge in [0.05, 0.1) is 18.2 Å². The first kappa shape index (κ1) is 22.5. The average molecular weight is 397 g/mol. The predicted molar refractivity (Wildman–Crippen MR) is 83.8 cm³/mol. The topological polar surface area (TPSA) is 55.4 Å². The summed E-state index contributed by atoms with van der Waals surface area (Å²) in [7, 11) is 1.04. The molecule has 1 amide bonds. The molecule has 0 fully saturated rings. The Balaban J connectivity index is 3.27. The highest BCUT2D eigenvalue weighted by Crippen LogP contribution is 2.36. The van der Waals surface area contributed by atoms with E-state index in [1.165, 1.54) is 0 Å². The fourth-order valence-corrected chi connectivity index (χ4v) is 2.04. The number of ether oxygens (including phenoxy) is 1. The number of allylic oxidation sites excluding steroid dienone is 1. The number of amides is 1. The molecule has 0 heterocycles. The summed E-state index contributed by atoms with van der Waals surface area (Å²) in [5.41, 5.74) is -3.33. The summed E-state index contributed by atoms with van der Waals surface area (Å²) in [5.74, 6) is -2.15. The summed E-state index contributed by atoms with van der Waals surface area (Å²) in [5, 5.41) is 2.10. The minimum absolute atomic E-state index is 0.0359. The van der Waals surface area contributed by atoms with Gasteiger partial charge in [-0.3, -0.25) is 4.79 Å². The van der Waals surface area contributed by atoms with Crippen molar-refractivity contribution in [3.63, 3.8) is 0 Å². The Kier molecular flexibility index (Phi) is 7.05. The Bertz CT molecular complexity index is 701. The maximum absolute atomic E-state index is 12.9. The largest absolute Gasteiger partial charge is 0.467 e. The molecule has 1 N–H and O–H groups in total. The minimum Gasteiger partial charge on any atom is -0.467 e. The fourth-order valence-electron chi connectivity index (χ4n) is 2.04. The number of benzene rings is 1. The van der Waals surface area contributed by atoms with Crippen LogP contribution >= 0.6 is 0 Å². The Morgan fingerprint density at radius 3 is 1.89 bits per heavy atom. The number of nitrogens with one attached hydrogen (secondary N) is 1. The van der Waals surface area contributed by atoms with Crippen LogP contribution in [0.2, 0.25) is 0 Å². The van der Waals surface area contributed by atoms with Crippen molar-refractivity contribution in [2.24, 2.45) is 0 Å². The second-order valence-corrected chi connectivity index (χ2v) is 5.86. The van der Waals surface area contributed by atoms with Crippen LogP contribution in [0, 0.1) is 0 Å².